The summed E-state index contributed by atoms with van der Waals surface area (Å²) in [4.78, 5) is 52.0. The number of carbonyl (C=O) groups excluding carboxylic acids is 1. The van der Waals surface area contributed by atoms with Gasteiger partial charge in [-0.1, -0.05) is 23.7 Å². The Bertz CT molecular complexity index is 1450. The number of carboxylic acids is 2. The molecule has 3 aliphatic heterocycles. The highest BCUT2D eigenvalue weighted by atomic mass is 35.5. The molecule has 2 aromatic rings. The fourth-order valence-corrected chi connectivity index (χ4v) is 7.13. The summed E-state index contributed by atoms with van der Waals surface area (Å²) in [5.41, 5.74) is 0.614. The molecule has 1 aromatic heterocycles. The van der Waals surface area contributed by atoms with Crippen LogP contribution in [-0.4, -0.2) is 98.5 Å². The highest BCUT2D eigenvalue weighted by Crippen LogP contribution is 2.38. The summed E-state index contributed by atoms with van der Waals surface area (Å²) >= 11 is 7.64. The van der Waals surface area contributed by atoms with Crippen molar-refractivity contribution in [1.82, 2.24) is 25.0 Å². The first-order valence-electron chi connectivity index (χ1n) is 13.4. The Hall–Kier alpha value is -3.55. The van der Waals surface area contributed by atoms with Gasteiger partial charge in [0.05, 0.1) is 22.6 Å². The van der Waals surface area contributed by atoms with Crippen molar-refractivity contribution in [2.45, 2.75) is 37.4 Å². The van der Waals surface area contributed by atoms with E-state index in [2.05, 4.69) is 20.2 Å². The van der Waals surface area contributed by atoms with Crippen molar-refractivity contribution in [1.29, 1.82) is 0 Å². The number of aliphatic carboxylic acids is 2. The van der Waals surface area contributed by atoms with Crippen molar-refractivity contribution in [3.8, 4) is 0 Å². The molecule has 3 N–H and O–H groups in total. The van der Waals surface area contributed by atoms with Gasteiger partial charge in [0.15, 0.2) is 10.8 Å². The molecule has 41 heavy (non-hydrogen) atoms. The number of amidine groups is 1. The number of piperazine rings is 1. The Morgan fingerprint density at radius 2 is 1.98 bits per heavy atom. The number of fused-ring (bicyclic) bond motifs is 1. The minimum Gasteiger partial charge on any atom is -0.481 e. The number of thiazole rings is 1. The molecule has 4 aliphatic rings. The van der Waals surface area contributed by atoms with Crippen molar-refractivity contribution < 1.29 is 29.0 Å². The monoisotopic (exact) mass is 602 g/mol. The van der Waals surface area contributed by atoms with Crippen molar-refractivity contribution in [2.24, 2.45) is 10.9 Å². The maximum absolute atomic E-state index is 14.4. The van der Waals surface area contributed by atoms with Crippen LogP contribution in [0.4, 0.5) is 9.18 Å². The zero-order valence-electron chi connectivity index (χ0n) is 21.9. The van der Waals surface area contributed by atoms with Gasteiger partial charge < -0.3 is 25.3 Å². The number of nitrogens with zero attached hydrogens (tertiary/aromatic N) is 5. The smallest absolute Gasteiger partial charge is 0.335 e. The summed E-state index contributed by atoms with van der Waals surface area (Å²) in [5.74, 6) is -2.73. The summed E-state index contributed by atoms with van der Waals surface area (Å²) < 4.78 is 14.4. The van der Waals surface area contributed by atoms with Gasteiger partial charge in [-0.2, -0.15) is 0 Å². The number of halogens is 2. The zero-order chi connectivity index (χ0) is 28.8. The molecule has 2 saturated heterocycles. The molecule has 3 fully saturated rings. The van der Waals surface area contributed by atoms with E-state index in [0.29, 0.717) is 62.0 Å². The first-order valence-corrected chi connectivity index (χ1v) is 14.6. The summed E-state index contributed by atoms with van der Waals surface area (Å²) in [7, 11) is 0. The quantitative estimate of drug-likeness (QED) is 0.440. The molecule has 216 valence electrons. The Morgan fingerprint density at radius 1 is 1.15 bits per heavy atom. The standard InChI is InChI=1S/C27H28ClFN6O5S/c28-21-17(2-1-3-18(21)29)22-20(26(38)39)19(31-23(32-22)24-30-6-9-41-24)13-33-7-8-34-16(11-33)12-35(27(34)40)15-5-4-14(10-15)25(36)37/h1-3,6,9,14-16,22H,4-5,7-8,10-13H2,(H,31,32)(H,36,37)(H,38,39)/t14-,15+,16-,22-/m0/s1. The first-order chi connectivity index (χ1) is 19.7. The van der Waals surface area contributed by atoms with E-state index < -0.39 is 29.7 Å². The van der Waals surface area contributed by atoms with Crippen LogP contribution in [0.15, 0.2) is 46.0 Å². The van der Waals surface area contributed by atoms with Gasteiger partial charge in [-0.15, -0.1) is 11.3 Å². The molecule has 2 amide bonds. The lowest BCUT2D eigenvalue weighted by Gasteiger charge is -2.38. The highest BCUT2D eigenvalue weighted by molar-refractivity contribution is 7.11. The molecular formula is C27H28ClFN6O5S. The summed E-state index contributed by atoms with van der Waals surface area (Å²) in [6.45, 7) is 2.24. The second-order valence-electron chi connectivity index (χ2n) is 10.7. The fourth-order valence-electron chi connectivity index (χ4n) is 6.31. The second kappa shape index (κ2) is 11.0. The minimum atomic E-state index is -1.20. The number of hydrogen-bond donors (Lipinski definition) is 3. The average molecular weight is 603 g/mol. The molecule has 0 bridgehead atoms. The lowest BCUT2D eigenvalue weighted by atomic mass is 9.95. The Morgan fingerprint density at radius 3 is 2.68 bits per heavy atom. The van der Waals surface area contributed by atoms with Gasteiger partial charge >= 0.3 is 18.0 Å². The van der Waals surface area contributed by atoms with Crippen LogP contribution in [0.3, 0.4) is 0 Å². The third-order valence-electron chi connectivity index (χ3n) is 8.31. The zero-order valence-corrected chi connectivity index (χ0v) is 23.4. The molecule has 0 radical (unpaired) electrons. The maximum atomic E-state index is 14.4. The Kier molecular flexibility index (Phi) is 7.43. The van der Waals surface area contributed by atoms with E-state index in [1.807, 2.05) is 9.80 Å². The van der Waals surface area contributed by atoms with Crippen LogP contribution >= 0.6 is 22.9 Å². The Labute approximate surface area is 243 Å². The van der Waals surface area contributed by atoms with Gasteiger partial charge in [-0.05, 0) is 25.3 Å². The second-order valence-corrected chi connectivity index (χ2v) is 12.0. The number of aromatic nitrogens is 1. The van der Waals surface area contributed by atoms with Crippen LogP contribution in [0.1, 0.15) is 35.9 Å². The van der Waals surface area contributed by atoms with E-state index in [9.17, 15) is 29.0 Å². The van der Waals surface area contributed by atoms with E-state index in [0.717, 1.165) is 0 Å². The van der Waals surface area contributed by atoms with Crippen molar-refractivity contribution in [3.63, 3.8) is 0 Å². The van der Waals surface area contributed by atoms with Crippen LogP contribution < -0.4 is 5.32 Å². The van der Waals surface area contributed by atoms with Crippen LogP contribution in [0.5, 0.6) is 0 Å². The number of hydrogen-bond acceptors (Lipinski definition) is 8. The minimum absolute atomic E-state index is 0.0324. The van der Waals surface area contributed by atoms with E-state index in [1.54, 1.807) is 17.6 Å². The van der Waals surface area contributed by atoms with E-state index in [4.69, 9.17) is 11.6 Å². The van der Waals surface area contributed by atoms with Crippen molar-refractivity contribution >= 4 is 46.7 Å². The van der Waals surface area contributed by atoms with Crippen LogP contribution in [0.25, 0.3) is 0 Å². The number of carbonyl (C=O) groups is 3. The topological polar surface area (TPSA) is 139 Å². The van der Waals surface area contributed by atoms with Crippen LogP contribution in [0.2, 0.25) is 5.02 Å². The van der Waals surface area contributed by atoms with Crippen LogP contribution in [0, 0.1) is 11.7 Å². The number of nitrogens with one attached hydrogen (secondary N) is 1. The molecule has 0 unspecified atom stereocenters. The number of amides is 2. The predicted octanol–water partition coefficient (Wildman–Crippen LogP) is 3.04. The Balaban J connectivity index is 1.25. The molecule has 4 heterocycles. The van der Waals surface area contributed by atoms with E-state index >= 15 is 0 Å². The summed E-state index contributed by atoms with van der Waals surface area (Å²) in [6.07, 6.45) is 3.33. The molecule has 0 spiro atoms. The molecule has 4 atom stereocenters. The largest absolute Gasteiger partial charge is 0.481 e. The van der Waals surface area contributed by atoms with E-state index in [1.165, 1.54) is 23.5 Å². The normalized spacial score (nSPS) is 26.7. The highest BCUT2D eigenvalue weighted by Gasteiger charge is 2.46. The number of aliphatic imine (C=N–C) groups is 1. The number of benzene rings is 1. The fraction of sp³-hybridized carbons (Fsp3) is 0.444. The lowest BCUT2D eigenvalue weighted by molar-refractivity contribution is -0.141. The number of rotatable bonds is 7. The van der Waals surface area contributed by atoms with Crippen LogP contribution in [-0.2, 0) is 9.59 Å². The van der Waals surface area contributed by atoms with Crippen molar-refractivity contribution in [3.05, 3.63) is 62.5 Å². The average Bonchev–Trinajstić information content (AvgIpc) is 3.70. The van der Waals surface area contributed by atoms with Gasteiger partial charge in [0.1, 0.15) is 11.9 Å². The lowest BCUT2D eigenvalue weighted by Crippen LogP contribution is -2.53. The molecule has 6 rings (SSSR count). The van der Waals surface area contributed by atoms with Gasteiger partial charge in [-0.3, -0.25) is 14.7 Å². The number of carboxylic acid groups (broad SMARTS) is 2. The third kappa shape index (κ3) is 5.17. The summed E-state index contributed by atoms with van der Waals surface area (Å²) in [6, 6.07) is 2.95. The number of urea groups is 1. The van der Waals surface area contributed by atoms with Gasteiger partial charge in [0.25, 0.3) is 0 Å². The molecule has 14 heteroatoms. The molecule has 1 aliphatic carbocycles. The first kappa shape index (κ1) is 27.6. The maximum Gasteiger partial charge on any atom is 0.335 e. The van der Waals surface area contributed by atoms with Gasteiger partial charge in [-0.25, -0.2) is 19.0 Å². The SMILES string of the molecule is O=C(O)C1=C(CN2CCN3C(=O)N([C@@H]4CC[C@H](C(=O)O)C4)C[C@@H]3C2)NC(c2nccs2)=N[C@H]1c1cccc(F)c1Cl. The molecule has 1 aromatic carbocycles. The molecule has 11 nitrogen and oxygen atoms in total. The van der Waals surface area contributed by atoms with Crippen molar-refractivity contribution in [2.75, 3.05) is 32.7 Å². The molecular weight excluding hydrogens is 575 g/mol. The predicted molar refractivity (Wildman–Crippen MR) is 148 cm³/mol. The molecule has 1 saturated carbocycles. The van der Waals surface area contributed by atoms with E-state index in [-0.39, 0.29) is 40.8 Å². The third-order valence-corrected chi connectivity index (χ3v) is 9.49. The van der Waals surface area contributed by atoms with Gasteiger partial charge in [0.2, 0.25) is 0 Å². The summed E-state index contributed by atoms with van der Waals surface area (Å²) in [5, 5.41) is 25.0. The van der Waals surface area contributed by atoms with Gasteiger partial charge in [0, 0.05) is 61.6 Å².